The molecule has 0 fully saturated rings. The van der Waals surface area contributed by atoms with Crippen LogP contribution in [0.2, 0.25) is 0 Å². The largest absolute Gasteiger partial charge is 0.497 e. The summed E-state index contributed by atoms with van der Waals surface area (Å²) in [7, 11) is 3.11. The highest BCUT2D eigenvalue weighted by atomic mass is 16.5. The summed E-state index contributed by atoms with van der Waals surface area (Å²) in [5.41, 5.74) is 1.10. The SMILES string of the molecule is COc1ccc(NC(=O)COC(=O)CCC(=O)Nc2ccc(Oc3ccccc3OC)cc2)cc1. The van der Waals surface area contributed by atoms with E-state index in [1.165, 1.54) is 0 Å². The highest BCUT2D eigenvalue weighted by molar-refractivity contribution is 5.94. The minimum atomic E-state index is -0.648. The molecule has 9 nitrogen and oxygen atoms in total. The topological polar surface area (TPSA) is 112 Å². The highest BCUT2D eigenvalue weighted by Gasteiger charge is 2.11. The van der Waals surface area contributed by atoms with Gasteiger partial charge in [0.15, 0.2) is 18.1 Å². The fraction of sp³-hybridized carbons (Fsp3) is 0.192. The number of anilines is 2. The van der Waals surface area contributed by atoms with E-state index in [4.69, 9.17) is 18.9 Å². The molecule has 3 aromatic rings. The van der Waals surface area contributed by atoms with Crippen LogP contribution in [0.15, 0.2) is 72.8 Å². The summed E-state index contributed by atoms with van der Waals surface area (Å²) in [6, 6.07) is 20.8. The first kappa shape index (κ1) is 25.1. The molecule has 0 saturated carbocycles. The van der Waals surface area contributed by atoms with Gasteiger partial charge in [-0.15, -0.1) is 0 Å². The molecule has 0 aliphatic carbocycles. The minimum absolute atomic E-state index is 0.0849. The molecule has 3 aromatic carbocycles. The third-order valence-corrected chi connectivity index (χ3v) is 4.73. The maximum Gasteiger partial charge on any atom is 0.306 e. The van der Waals surface area contributed by atoms with Crippen molar-refractivity contribution in [2.24, 2.45) is 0 Å². The molecule has 0 aliphatic heterocycles. The lowest BCUT2D eigenvalue weighted by Crippen LogP contribution is -2.21. The van der Waals surface area contributed by atoms with Crippen LogP contribution >= 0.6 is 0 Å². The summed E-state index contributed by atoms with van der Waals surface area (Å²) < 4.78 is 21.0. The Balaban J connectivity index is 1.37. The van der Waals surface area contributed by atoms with Gasteiger partial charge in [-0.05, 0) is 60.7 Å². The van der Waals surface area contributed by atoms with Gasteiger partial charge in [-0.2, -0.15) is 0 Å². The zero-order chi connectivity index (χ0) is 25.0. The molecule has 2 amide bonds. The number of rotatable bonds is 11. The van der Waals surface area contributed by atoms with Crippen molar-refractivity contribution in [3.63, 3.8) is 0 Å². The zero-order valence-corrected chi connectivity index (χ0v) is 19.4. The van der Waals surface area contributed by atoms with E-state index < -0.39 is 18.5 Å². The quantitative estimate of drug-likeness (QED) is 0.393. The second-order valence-electron chi connectivity index (χ2n) is 7.26. The molecule has 0 unspecified atom stereocenters. The lowest BCUT2D eigenvalue weighted by atomic mass is 10.2. The van der Waals surface area contributed by atoms with Crippen LogP contribution in [0.3, 0.4) is 0 Å². The number of nitrogens with one attached hydrogen (secondary N) is 2. The monoisotopic (exact) mass is 478 g/mol. The van der Waals surface area contributed by atoms with Crippen molar-refractivity contribution >= 4 is 29.2 Å². The Hall–Kier alpha value is -4.53. The van der Waals surface area contributed by atoms with Gasteiger partial charge in [0.05, 0.1) is 20.6 Å². The zero-order valence-electron chi connectivity index (χ0n) is 19.4. The predicted octanol–water partition coefficient (Wildman–Crippen LogP) is 4.40. The third-order valence-electron chi connectivity index (χ3n) is 4.73. The molecule has 0 heterocycles. The smallest absolute Gasteiger partial charge is 0.306 e. The number of methoxy groups -OCH3 is 2. The third kappa shape index (κ3) is 8.08. The molecule has 9 heteroatoms. The van der Waals surface area contributed by atoms with E-state index in [1.54, 1.807) is 74.9 Å². The first-order chi connectivity index (χ1) is 17.0. The normalized spacial score (nSPS) is 10.1. The second-order valence-corrected chi connectivity index (χ2v) is 7.26. The number of para-hydroxylation sites is 2. The van der Waals surface area contributed by atoms with E-state index in [0.717, 1.165) is 0 Å². The molecule has 0 aromatic heterocycles. The van der Waals surface area contributed by atoms with Gasteiger partial charge < -0.3 is 29.6 Å². The molecule has 2 N–H and O–H groups in total. The lowest BCUT2D eigenvalue weighted by molar-refractivity contribution is -0.147. The van der Waals surface area contributed by atoms with Crippen LogP contribution < -0.4 is 24.8 Å². The maximum atomic E-state index is 12.2. The van der Waals surface area contributed by atoms with Gasteiger partial charge in [0.2, 0.25) is 5.91 Å². The first-order valence-corrected chi connectivity index (χ1v) is 10.8. The van der Waals surface area contributed by atoms with Crippen molar-refractivity contribution in [3.8, 4) is 23.0 Å². The number of esters is 1. The van der Waals surface area contributed by atoms with Crippen LogP contribution in [-0.2, 0) is 19.1 Å². The first-order valence-electron chi connectivity index (χ1n) is 10.8. The molecule has 35 heavy (non-hydrogen) atoms. The van der Waals surface area contributed by atoms with Gasteiger partial charge >= 0.3 is 5.97 Å². The summed E-state index contributed by atoms with van der Waals surface area (Å²) in [5.74, 6) is 0.920. The average molecular weight is 479 g/mol. The Labute approximate surface area is 203 Å². The summed E-state index contributed by atoms with van der Waals surface area (Å²) in [6.45, 7) is -0.444. The van der Waals surface area contributed by atoms with E-state index in [1.807, 2.05) is 12.1 Å². The summed E-state index contributed by atoms with van der Waals surface area (Å²) in [5, 5.41) is 5.31. The highest BCUT2D eigenvalue weighted by Crippen LogP contribution is 2.31. The van der Waals surface area contributed by atoms with E-state index in [2.05, 4.69) is 10.6 Å². The van der Waals surface area contributed by atoms with Crippen molar-refractivity contribution in [2.45, 2.75) is 12.8 Å². The molecular weight excluding hydrogens is 452 g/mol. The van der Waals surface area contributed by atoms with Crippen molar-refractivity contribution in [1.29, 1.82) is 0 Å². The molecular formula is C26H26N2O7. The number of hydrogen-bond donors (Lipinski definition) is 2. The molecule has 0 bridgehead atoms. The predicted molar refractivity (Wildman–Crippen MR) is 130 cm³/mol. The standard InChI is InChI=1S/C26H26N2O7/c1-32-20-11-7-19(8-12-20)28-25(30)17-34-26(31)16-15-24(29)27-18-9-13-21(14-10-18)35-23-6-4-3-5-22(23)33-2/h3-14H,15-17H2,1-2H3,(H,27,29)(H,28,30). The molecule has 0 atom stereocenters. The van der Waals surface area contributed by atoms with Crippen LogP contribution in [0.5, 0.6) is 23.0 Å². The van der Waals surface area contributed by atoms with Gasteiger partial charge in [0.25, 0.3) is 5.91 Å². The van der Waals surface area contributed by atoms with E-state index in [9.17, 15) is 14.4 Å². The molecule has 182 valence electrons. The molecule has 0 aliphatic rings. The van der Waals surface area contributed by atoms with Crippen LogP contribution in [0.1, 0.15) is 12.8 Å². The van der Waals surface area contributed by atoms with Crippen molar-refractivity contribution in [1.82, 2.24) is 0 Å². The number of carbonyl (C=O) groups is 3. The molecule has 0 spiro atoms. The van der Waals surface area contributed by atoms with Gasteiger partial charge in [-0.1, -0.05) is 12.1 Å². The number of benzene rings is 3. The number of hydrogen-bond acceptors (Lipinski definition) is 7. The number of amides is 2. The Kier molecular flexibility index (Phi) is 9.07. The molecule has 3 rings (SSSR count). The van der Waals surface area contributed by atoms with Gasteiger partial charge in [0.1, 0.15) is 11.5 Å². The number of ether oxygens (including phenoxy) is 4. The van der Waals surface area contributed by atoms with Gasteiger partial charge in [-0.3, -0.25) is 14.4 Å². The van der Waals surface area contributed by atoms with Crippen LogP contribution in [0, 0.1) is 0 Å². The van der Waals surface area contributed by atoms with Crippen molar-refractivity contribution < 1.29 is 33.3 Å². The summed E-state index contributed by atoms with van der Waals surface area (Å²) in [6.07, 6.45) is -0.241. The fourth-order valence-electron chi connectivity index (χ4n) is 2.97. The van der Waals surface area contributed by atoms with Crippen molar-refractivity contribution in [3.05, 3.63) is 72.8 Å². The fourth-order valence-corrected chi connectivity index (χ4v) is 2.97. The Bertz CT molecular complexity index is 1150. The van der Waals surface area contributed by atoms with Crippen LogP contribution in [0.25, 0.3) is 0 Å². The number of carbonyl (C=O) groups excluding carboxylic acids is 3. The van der Waals surface area contributed by atoms with Gasteiger partial charge in [0, 0.05) is 17.8 Å². The van der Waals surface area contributed by atoms with Crippen LogP contribution in [0.4, 0.5) is 11.4 Å². The Morgan fingerprint density at radius 3 is 1.83 bits per heavy atom. The maximum absolute atomic E-state index is 12.2. The summed E-state index contributed by atoms with van der Waals surface area (Å²) in [4.78, 5) is 36.0. The second kappa shape index (κ2) is 12.6. The van der Waals surface area contributed by atoms with Crippen molar-refractivity contribution in [2.75, 3.05) is 31.5 Å². The van der Waals surface area contributed by atoms with E-state index in [-0.39, 0.29) is 18.7 Å². The lowest BCUT2D eigenvalue weighted by Gasteiger charge is -2.11. The Morgan fingerprint density at radius 2 is 1.23 bits per heavy atom. The minimum Gasteiger partial charge on any atom is -0.497 e. The average Bonchev–Trinajstić information content (AvgIpc) is 2.88. The summed E-state index contributed by atoms with van der Waals surface area (Å²) >= 11 is 0. The molecule has 0 radical (unpaired) electrons. The van der Waals surface area contributed by atoms with Crippen LogP contribution in [-0.4, -0.2) is 38.6 Å². The van der Waals surface area contributed by atoms with E-state index >= 15 is 0 Å². The Morgan fingerprint density at radius 1 is 0.657 bits per heavy atom. The molecule has 0 saturated heterocycles. The van der Waals surface area contributed by atoms with E-state index in [0.29, 0.717) is 34.4 Å². The van der Waals surface area contributed by atoms with Gasteiger partial charge in [-0.25, -0.2) is 0 Å².